The summed E-state index contributed by atoms with van der Waals surface area (Å²) >= 11 is 0. The average molecular weight is 129 g/mol. The molecule has 2 heteroatoms. The minimum Gasteiger partial charge on any atom is -0.302 e. The second kappa shape index (κ2) is 2.67. The predicted octanol–water partition coefficient (Wildman–Crippen LogP) is 1.14. The zero-order valence-electron chi connectivity index (χ0n) is 6.42. The Morgan fingerprint density at radius 3 is 1.89 bits per heavy atom. The van der Waals surface area contributed by atoms with Crippen LogP contribution in [0.25, 0.3) is 0 Å². The van der Waals surface area contributed by atoms with E-state index in [0.29, 0.717) is 0 Å². The molecule has 0 N–H and O–H groups in total. The average Bonchev–Trinajstić information content (AvgIpc) is 2.13. The van der Waals surface area contributed by atoms with Crippen molar-refractivity contribution >= 4 is 0 Å². The smallest absolute Gasteiger partial charge is 0.0575 e. The highest BCUT2D eigenvalue weighted by atomic mass is 16.7. The third kappa shape index (κ3) is 1.43. The van der Waals surface area contributed by atoms with E-state index in [1.807, 2.05) is 5.06 Å². The van der Waals surface area contributed by atoms with Gasteiger partial charge in [0.1, 0.15) is 0 Å². The van der Waals surface area contributed by atoms with Crippen LogP contribution in [-0.4, -0.2) is 25.3 Å². The molecule has 0 spiro atoms. The van der Waals surface area contributed by atoms with Gasteiger partial charge in [-0.2, -0.15) is 5.06 Å². The Morgan fingerprint density at radius 2 is 1.67 bits per heavy atom. The summed E-state index contributed by atoms with van der Waals surface area (Å²) in [7, 11) is 1.74. The van der Waals surface area contributed by atoms with Crippen molar-refractivity contribution in [3.8, 4) is 0 Å². The predicted molar refractivity (Wildman–Crippen MR) is 36.9 cm³/mol. The molecule has 2 unspecified atom stereocenters. The van der Waals surface area contributed by atoms with Crippen molar-refractivity contribution in [2.45, 2.75) is 13.8 Å². The first-order valence-corrected chi connectivity index (χ1v) is 3.53. The standard InChI is InChI=1S/C7H15NO/c1-6-4-8(9-3)5-7(6)2/h6-7H,4-5H2,1-3H3. The second-order valence-electron chi connectivity index (χ2n) is 2.98. The van der Waals surface area contributed by atoms with Gasteiger partial charge in [0.2, 0.25) is 0 Å². The van der Waals surface area contributed by atoms with Crippen LogP contribution in [-0.2, 0) is 4.84 Å². The molecule has 0 aliphatic carbocycles. The van der Waals surface area contributed by atoms with Crippen LogP contribution in [0.1, 0.15) is 13.8 Å². The van der Waals surface area contributed by atoms with Crippen LogP contribution in [0, 0.1) is 11.8 Å². The van der Waals surface area contributed by atoms with Gasteiger partial charge in [0, 0.05) is 13.1 Å². The molecule has 1 saturated heterocycles. The zero-order valence-corrected chi connectivity index (χ0v) is 6.42. The molecule has 0 amide bonds. The lowest BCUT2D eigenvalue weighted by molar-refractivity contribution is -0.116. The van der Waals surface area contributed by atoms with Crippen molar-refractivity contribution in [2.75, 3.05) is 20.2 Å². The molecule has 0 aromatic heterocycles. The minimum absolute atomic E-state index is 0.796. The van der Waals surface area contributed by atoms with Crippen molar-refractivity contribution in [3.05, 3.63) is 0 Å². The van der Waals surface area contributed by atoms with Gasteiger partial charge in [-0.05, 0) is 11.8 Å². The van der Waals surface area contributed by atoms with Gasteiger partial charge in [-0.25, -0.2) is 0 Å². The van der Waals surface area contributed by atoms with Gasteiger partial charge in [0.15, 0.2) is 0 Å². The lowest BCUT2D eigenvalue weighted by Crippen LogP contribution is -2.18. The third-order valence-corrected chi connectivity index (χ3v) is 2.21. The fourth-order valence-corrected chi connectivity index (χ4v) is 1.23. The Kier molecular flexibility index (Phi) is 2.09. The highest BCUT2D eigenvalue weighted by molar-refractivity contribution is 4.73. The second-order valence-corrected chi connectivity index (χ2v) is 2.98. The number of rotatable bonds is 1. The van der Waals surface area contributed by atoms with Crippen molar-refractivity contribution in [2.24, 2.45) is 11.8 Å². The summed E-state index contributed by atoms with van der Waals surface area (Å²) in [5.74, 6) is 1.59. The maximum absolute atomic E-state index is 5.09. The number of hydrogen-bond donors (Lipinski definition) is 0. The lowest BCUT2D eigenvalue weighted by atomic mass is 10.0. The molecule has 0 aromatic carbocycles. The molecule has 1 aliphatic rings. The van der Waals surface area contributed by atoms with Gasteiger partial charge >= 0.3 is 0 Å². The van der Waals surface area contributed by atoms with E-state index < -0.39 is 0 Å². The largest absolute Gasteiger partial charge is 0.302 e. The van der Waals surface area contributed by atoms with Gasteiger partial charge < -0.3 is 4.84 Å². The summed E-state index contributed by atoms with van der Waals surface area (Å²) in [4.78, 5) is 5.09. The van der Waals surface area contributed by atoms with E-state index in [4.69, 9.17) is 4.84 Å². The summed E-state index contributed by atoms with van der Waals surface area (Å²) in [5, 5.41) is 2.02. The Labute approximate surface area is 56.8 Å². The monoisotopic (exact) mass is 129 g/mol. The van der Waals surface area contributed by atoms with E-state index in [9.17, 15) is 0 Å². The Hall–Kier alpha value is -0.0800. The first-order chi connectivity index (χ1) is 4.24. The molecule has 2 nitrogen and oxygen atoms in total. The quantitative estimate of drug-likeness (QED) is 0.526. The molecule has 1 fully saturated rings. The summed E-state index contributed by atoms with van der Waals surface area (Å²) < 4.78 is 0. The van der Waals surface area contributed by atoms with Gasteiger partial charge in [-0.15, -0.1) is 0 Å². The summed E-state index contributed by atoms with van der Waals surface area (Å²) in [6.45, 7) is 6.72. The molecular formula is C7H15NO. The van der Waals surface area contributed by atoms with Crippen LogP contribution in [0.3, 0.4) is 0 Å². The lowest BCUT2D eigenvalue weighted by Gasteiger charge is -2.09. The zero-order chi connectivity index (χ0) is 6.85. The van der Waals surface area contributed by atoms with E-state index in [1.165, 1.54) is 0 Å². The van der Waals surface area contributed by atoms with Crippen molar-refractivity contribution < 1.29 is 4.84 Å². The van der Waals surface area contributed by atoms with E-state index in [-0.39, 0.29) is 0 Å². The molecular weight excluding hydrogens is 114 g/mol. The van der Waals surface area contributed by atoms with Crippen molar-refractivity contribution in [1.29, 1.82) is 0 Å². The van der Waals surface area contributed by atoms with E-state index in [2.05, 4.69) is 13.8 Å². The van der Waals surface area contributed by atoms with Gasteiger partial charge in [0.05, 0.1) is 7.11 Å². The topological polar surface area (TPSA) is 12.5 Å². The van der Waals surface area contributed by atoms with Gasteiger partial charge in [-0.1, -0.05) is 13.8 Å². The first-order valence-electron chi connectivity index (χ1n) is 3.53. The van der Waals surface area contributed by atoms with Crippen LogP contribution in [0.2, 0.25) is 0 Å². The highest BCUT2D eigenvalue weighted by Crippen LogP contribution is 2.21. The molecule has 2 atom stereocenters. The molecule has 0 saturated carbocycles. The maximum atomic E-state index is 5.09. The molecule has 0 radical (unpaired) electrons. The maximum Gasteiger partial charge on any atom is 0.0575 e. The van der Waals surface area contributed by atoms with E-state index >= 15 is 0 Å². The van der Waals surface area contributed by atoms with Crippen molar-refractivity contribution in [1.82, 2.24) is 5.06 Å². The SMILES string of the molecule is CON1CC(C)C(C)C1. The van der Waals surface area contributed by atoms with Gasteiger partial charge in [0.25, 0.3) is 0 Å². The summed E-state index contributed by atoms with van der Waals surface area (Å²) in [6, 6.07) is 0. The number of nitrogens with zero attached hydrogens (tertiary/aromatic N) is 1. The molecule has 0 aromatic rings. The summed E-state index contributed by atoms with van der Waals surface area (Å²) in [5.41, 5.74) is 0. The number of hydrogen-bond acceptors (Lipinski definition) is 2. The Morgan fingerprint density at radius 1 is 1.22 bits per heavy atom. The molecule has 0 bridgehead atoms. The highest BCUT2D eigenvalue weighted by Gasteiger charge is 2.25. The van der Waals surface area contributed by atoms with Crippen LogP contribution in [0.4, 0.5) is 0 Å². The van der Waals surface area contributed by atoms with Gasteiger partial charge in [-0.3, -0.25) is 0 Å². The molecule has 9 heavy (non-hydrogen) atoms. The van der Waals surface area contributed by atoms with Crippen LogP contribution >= 0.6 is 0 Å². The normalized spacial score (nSPS) is 37.7. The molecule has 1 aliphatic heterocycles. The Bertz CT molecular complexity index is 84.9. The Balaban J connectivity index is 2.35. The van der Waals surface area contributed by atoms with Crippen molar-refractivity contribution in [3.63, 3.8) is 0 Å². The molecule has 54 valence electrons. The first kappa shape index (κ1) is 7.03. The van der Waals surface area contributed by atoms with E-state index in [1.54, 1.807) is 7.11 Å². The van der Waals surface area contributed by atoms with Crippen LogP contribution in [0.15, 0.2) is 0 Å². The van der Waals surface area contributed by atoms with E-state index in [0.717, 1.165) is 24.9 Å². The van der Waals surface area contributed by atoms with Crippen LogP contribution in [0.5, 0.6) is 0 Å². The molecule has 1 heterocycles. The van der Waals surface area contributed by atoms with Crippen LogP contribution < -0.4 is 0 Å². The molecule has 1 rings (SSSR count). The number of hydroxylamine groups is 2. The minimum atomic E-state index is 0.796. The fraction of sp³-hybridized carbons (Fsp3) is 1.00. The third-order valence-electron chi connectivity index (χ3n) is 2.21. The summed E-state index contributed by atoms with van der Waals surface area (Å²) in [6.07, 6.45) is 0. The fourth-order valence-electron chi connectivity index (χ4n) is 1.23.